The molecule has 1 heterocycles. The number of ether oxygens (including phenoxy) is 1. The largest absolute Gasteiger partial charge is 0.483 e. The van der Waals surface area contributed by atoms with Crippen molar-refractivity contribution in [2.24, 2.45) is 0 Å². The second-order valence-corrected chi connectivity index (χ2v) is 8.18. The molecule has 5 nitrogen and oxygen atoms in total. The first kappa shape index (κ1) is 20.7. The Labute approximate surface area is 192 Å². The molecule has 0 aliphatic heterocycles. The lowest BCUT2D eigenvalue weighted by atomic mass is 9.83. The van der Waals surface area contributed by atoms with Crippen molar-refractivity contribution >= 4 is 5.78 Å². The van der Waals surface area contributed by atoms with Crippen LogP contribution in [0.5, 0.6) is 5.75 Å². The van der Waals surface area contributed by atoms with E-state index in [1.807, 2.05) is 77.5 Å². The number of aromatic nitrogens is 2. The number of hydrogen-bond acceptors (Lipinski definition) is 4. The number of nitrogens with zero attached hydrogens (tertiary/aromatic N) is 3. The number of carbonyl (C=O) groups excluding carboxylic acids is 1. The van der Waals surface area contributed by atoms with Crippen LogP contribution < -0.4 is 4.74 Å². The smallest absolute Gasteiger partial charge is 0.163 e. The first-order chi connectivity index (χ1) is 16.2. The highest BCUT2D eigenvalue weighted by Gasteiger charge is 2.26. The molecule has 1 unspecified atom stereocenters. The summed E-state index contributed by atoms with van der Waals surface area (Å²) in [5.74, 6) is 0.830. The zero-order valence-corrected chi connectivity index (χ0v) is 18.1. The Hall–Kier alpha value is -4.17. The zero-order valence-electron chi connectivity index (χ0n) is 18.1. The van der Waals surface area contributed by atoms with Crippen LogP contribution in [0.25, 0.3) is 11.1 Å². The van der Waals surface area contributed by atoms with Crippen LogP contribution in [0.1, 0.15) is 46.0 Å². The maximum Gasteiger partial charge on any atom is 0.163 e. The Bertz CT molecular complexity index is 1320. The highest BCUT2D eigenvalue weighted by Crippen LogP contribution is 2.41. The lowest BCUT2D eigenvalue weighted by molar-refractivity contribution is 0.0972. The van der Waals surface area contributed by atoms with Crippen LogP contribution in [0.4, 0.5) is 0 Å². The molecule has 0 amide bonds. The molecule has 0 saturated carbocycles. The van der Waals surface area contributed by atoms with Crippen LogP contribution >= 0.6 is 0 Å². The number of benzene rings is 3. The topological polar surface area (TPSA) is 67.9 Å². The number of hydrogen-bond donors (Lipinski definition) is 0. The van der Waals surface area contributed by atoms with E-state index in [4.69, 9.17) is 4.74 Å². The SMILES string of the molecule is N#Cc1ccccc1-c1c(OC(Cn2ccnc2)c2ccccc2)ccc2c1CCCC2=O. The first-order valence-electron chi connectivity index (χ1n) is 11.1. The second kappa shape index (κ2) is 9.13. The molecule has 1 atom stereocenters. The summed E-state index contributed by atoms with van der Waals surface area (Å²) in [6.45, 7) is 0.583. The predicted molar refractivity (Wildman–Crippen MR) is 126 cm³/mol. The molecular formula is C28H23N3O2. The predicted octanol–water partition coefficient (Wildman–Crippen LogP) is 5.76. The molecule has 1 aromatic heterocycles. The highest BCUT2D eigenvalue weighted by atomic mass is 16.5. The van der Waals surface area contributed by atoms with Gasteiger partial charge in [-0.15, -0.1) is 0 Å². The Kier molecular flexibility index (Phi) is 5.73. The summed E-state index contributed by atoms with van der Waals surface area (Å²) in [6.07, 6.45) is 7.30. The second-order valence-electron chi connectivity index (χ2n) is 8.18. The Morgan fingerprint density at radius 1 is 1.00 bits per heavy atom. The van der Waals surface area contributed by atoms with E-state index < -0.39 is 0 Å². The van der Waals surface area contributed by atoms with Gasteiger partial charge in [0.25, 0.3) is 0 Å². The summed E-state index contributed by atoms with van der Waals surface area (Å²) in [6, 6.07) is 23.7. The standard InChI is InChI=1S/C28H23N3O2/c29-17-21-9-4-5-10-22(21)28-24-11-6-12-25(32)23(24)13-14-26(28)33-27(18-31-16-15-30-19-31)20-7-2-1-3-8-20/h1-5,7-10,13-16,19,27H,6,11-12,18H2. The van der Waals surface area contributed by atoms with Crippen LogP contribution in [-0.2, 0) is 13.0 Å². The minimum atomic E-state index is -0.272. The molecule has 4 aromatic rings. The monoisotopic (exact) mass is 433 g/mol. The molecule has 0 bridgehead atoms. The van der Waals surface area contributed by atoms with Crippen molar-refractivity contribution in [3.05, 3.63) is 108 Å². The molecule has 162 valence electrons. The van der Waals surface area contributed by atoms with Gasteiger partial charge >= 0.3 is 0 Å². The summed E-state index contributed by atoms with van der Waals surface area (Å²) in [5.41, 5.74) is 4.97. The molecule has 0 saturated heterocycles. The molecule has 5 heteroatoms. The molecule has 1 aliphatic carbocycles. The fourth-order valence-electron chi connectivity index (χ4n) is 4.52. The van der Waals surface area contributed by atoms with Crippen molar-refractivity contribution in [2.75, 3.05) is 0 Å². The fraction of sp³-hybridized carbons (Fsp3) is 0.179. The summed E-state index contributed by atoms with van der Waals surface area (Å²) in [5, 5.41) is 9.79. The van der Waals surface area contributed by atoms with Gasteiger partial charge in [0.05, 0.1) is 24.5 Å². The van der Waals surface area contributed by atoms with E-state index in [-0.39, 0.29) is 11.9 Å². The molecule has 5 rings (SSSR count). The highest BCUT2D eigenvalue weighted by molar-refractivity contribution is 6.01. The number of fused-ring (bicyclic) bond motifs is 1. The number of ketones is 1. The van der Waals surface area contributed by atoms with Crippen LogP contribution in [-0.4, -0.2) is 15.3 Å². The third-order valence-electron chi connectivity index (χ3n) is 6.10. The van der Waals surface area contributed by atoms with Crippen molar-refractivity contribution in [3.8, 4) is 22.9 Å². The van der Waals surface area contributed by atoms with E-state index in [0.29, 0.717) is 24.3 Å². The van der Waals surface area contributed by atoms with E-state index in [2.05, 4.69) is 11.1 Å². The normalized spacial score (nSPS) is 13.7. The summed E-state index contributed by atoms with van der Waals surface area (Å²) in [4.78, 5) is 16.8. The van der Waals surface area contributed by atoms with Crippen molar-refractivity contribution in [2.45, 2.75) is 31.9 Å². The van der Waals surface area contributed by atoms with Gasteiger partial charge in [-0.2, -0.15) is 5.26 Å². The third-order valence-corrected chi connectivity index (χ3v) is 6.10. The first-order valence-corrected chi connectivity index (χ1v) is 11.1. The van der Waals surface area contributed by atoms with Gasteiger partial charge in [-0.05, 0) is 42.2 Å². The number of rotatable bonds is 6. The van der Waals surface area contributed by atoms with E-state index in [0.717, 1.165) is 40.7 Å². The van der Waals surface area contributed by atoms with Crippen molar-refractivity contribution < 1.29 is 9.53 Å². The van der Waals surface area contributed by atoms with Crippen LogP contribution in [0.15, 0.2) is 85.5 Å². The van der Waals surface area contributed by atoms with Gasteiger partial charge in [0.15, 0.2) is 5.78 Å². The zero-order chi connectivity index (χ0) is 22.6. The number of Topliss-reactive ketones (excluding diaryl/α,β-unsaturated/α-hetero) is 1. The Morgan fingerprint density at radius 3 is 2.61 bits per heavy atom. The van der Waals surface area contributed by atoms with Gasteiger partial charge in [0.2, 0.25) is 0 Å². The summed E-state index contributed by atoms with van der Waals surface area (Å²) < 4.78 is 8.68. The average Bonchev–Trinajstić information content (AvgIpc) is 3.37. The number of nitriles is 1. The van der Waals surface area contributed by atoms with Crippen LogP contribution in [0, 0.1) is 11.3 Å². The Morgan fingerprint density at radius 2 is 1.82 bits per heavy atom. The molecule has 1 aliphatic rings. The molecule has 0 fully saturated rings. The average molecular weight is 434 g/mol. The van der Waals surface area contributed by atoms with E-state index in [1.165, 1.54) is 0 Å². The van der Waals surface area contributed by atoms with Crippen molar-refractivity contribution in [1.82, 2.24) is 9.55 Å². The molecule has 3 aromatic carbocycles. The maximum atomic E-state index is 12.7. The fourth-order valence-corrected chi connectivity index (χ4v) is 4.52. The molecule has 0 N–H and O–H groups in total. The van der Waals surface area contributed by atoms with Gasteiger partial charge in [-0.25, -0.2) is 4.98 Å². The van der Waals surface area contributed by atoms with Gasteiger partial charge in [-0.3, -0.25) is 4.79 Å². The van der Waals surface area contributed by atoms with Crippen LogP contribution in [0.2, 0.25) is 0 Å². The molecule has 33 heavy (non-hydrogen) atoms. The van der Waals surface area contributed by atoms with E-state index >= 15 is 0 Å². The number of imidazole rings is 1. The lowest BCUT2D eigenvalue weighted by Crippen LogP contribution is -2.17. The van der Waals surface area contributed by atoms with Crippen molar-refractivity contribution in [1.29, 1.82) is 5.26 Å². The minimum absolute atomic E-state index is 0.150. The van der Waals surface area contributed by atoms with Gasteiger partial charge < -0.3 is 9.30 Å². The minimum Gasteiger partial charge on any atom is -0.483 e. The quantitative estimate of drug-likeness (QED) is 0.388. The summed E-state index contributed by atoms with van der Waals surface area (Å²) >= 11 is 0. The van der Waals surface area contributed by atoms with Crippen LogP contribution in [0.3, 0.4) is 0 Å². The maximum absolute atomic E-state index is 12.7. The van der Waals surface area contributed by atoms with E-state index in [9.17, 15) is 10.1 Å². The molecule has 0 radical (unpaired) electrons. The van der Waals surface area contributed by atoms with Gasteiger partial charge in [0.1, 0.15) is 11.9 Å². The molecular weight excluding hydrogens is 410 g/mol. The van der Waals surface area contributed by atoms with Gasteiger partial charge in [0, 0.05) is 35.5 Å². The summed E-state index contributed by atoms with van der Waals surface area (Å²) in [7, 11) is 0. The van der Waals surface area contributed by atoms with Crippen molar-refractivity contribution in [3.63, 3.8) is 0 Å². The van der Waals surface area contributed by atoms with E-state index in [1.54, 1.807) is 12.5 Å². The van der Waals surface area contributed by atoms with Gasteiger partial charge in [-0.1, -0.05) is 48.5 Å². The Balaban J connectivity index is 1.65. The number of carbonyl (C=O) groups is 1. The third kappa shape index (κ3) is 4.16. The molecule has 0 spiro atoms. The lowest BCUT2D eigenvalue weighted by Gasteiger charge is -2.26.